The number of primary sulfonamides is 1. The molecule has 0 radical (unpaired) electrons. The van der Waals surface area contributed by atoms with Gasteiger partial charge in [0.2, 0.25) is 15.9 Å². The van der Waals surface area contributed by atoms with Crippen LogP contribution >= 0.6 is 0 Å². The van der Waals surface area contributed by atoms with E-state index in [1.165, 1.54) is 19.1 Å². The molecule has 1 aromatic carbocycles. The number of halogens is 3. The molecule has 9 heteroatoms. The van der Waals surface area contributed by atoms with Crippen LogP contribution in [0.1, 0.15) is 12.0 Å². The number of anilines is 1. The number of amides is 1. The van der Waals surface area contributed by atoms with Gasteiger partial charge in [0.1, 0.15) is 6.42 Å². The minimum atomic E-state index is -4.63. The van der Waals surface area contributed by atoms with Gasteiger partial charge in [-0.05, 0) is 24.6 Å². The predicted octanol–water partition coefficient (Wildman–Crippen LogP) is 1.53. The summed E-state index contributed by atoms with van der Waals surface area (Å²) >= 11 is 0. The first-order valence-corrected chi connectivity index (χ1v) is 6.54. The molecule has 1 rings (SSSR count). The lowest BCUT2D eigenvalue weighted by Crippen LogP contribution is -2.22. The zero-order valence-electron chi connectivity index (χ0n) is 9.78. The van der Waals surface area contributed by atoms with Gasteiger partial charge >= 0.3 is 6.18 Å². The summed E-state index contributed by atoms with van der Waals surface area (Å²) in [6, 6.07) is 3.55. The Morgan fingerprint density at radius 3 is 2.42 bits per heavy atom. The van der Waals surface area contributed by atoms with E-state index in [-0.39, 0.29) is 10.6 Å². The second-order valence-electron chi connectivity index (χ2n) is 3.86. The van der Waals surface area contributed by atoms with Crippen molar-refractivity contribution in [3.63, 3.8) is 0 Å². The number of benzene rings is 1. The number of hydrogen-bond donors (Lipinski definition) is 2. The first kappa shape index (κ1) is 15.4. The monoisotopic (exact) mass is 296 g/mol. The van der Waals surface area contributed by atoms with Gasteiger partial charge < -0.3 is 5.32 Å². The second-order valence-corrected chi connectivity index (χ2v) is 5.42. The van der Waals surface area contributed by atoms with Gasteiger partial charge in [-0.25, -0.2) is 13.6 Å². The Bertz CT molecular complexity index is 597. The summed E-state index contributed by atoms with van der Waals surface area (Å²) < 4.78 is 58.2. The Balaban J connectivity index is 2.99. The maximum absolute atomic E-state index is 12.0. The molecule has 0 aliphatic carbocycles. The highest BCUT2D eigenvalue weighted by atomic mass is 32.2. The highest BCUT2D eigenvalue weighted by molar-refractivity contribution is 7.89. The lowest BCUT2D eigenvalue weighted by Gasteiger charge is -2.11. The summed E-state index contributed by atoms with van der Waals surface area (Å²) in [6.07, 6.45) is -6.28. The van der Waals surface area contributed by atoms with Crippen molar-refractivity contribution in [3.05, 3.63) is 23.8 Å². The Morgan fingerprint density at radius 2 is 1.95 bits per heavy atom. The molecule has 0 aliphatic rings. The summed E-state index contributed by atoms with van der Waals surface area (Å²) in [5.41, 5.74) is 0.392. The van der Waals surface area contributed by atoms with Crippen LogP contribution in [0.4, 0.5) is 18.9 Å². The number of carbonyl (C=O) groups excluding carboxylic acids is 1. The quantitative estimate of drug-likeness (QED) is 0.886. The molecule has 0 saturated carbocycles. The standard InChI is InChI=1S/C10H11F3N2O3S/c1-6-2-3-7(19(14,17)18)4-8(6)15-9(16)5-10(11,12)13/h2-4H,5H2,1H3,(H,15,16)(H2,14,17,18). The van der Waals surface area contributed by atoms with Crippen molar-refractivity contribution in [2.75, 3.05) is 5.32 Å². The maximum Gasteiger partial charge on any atom is 0.397 e. The zero-order chi connectivity index (χ0) is 14.8. The van der Waals surface area contributed by atoms with Crippen LogP contribution in [0.15, 0.2) is 23.1 Å². The third-order valence-electron chi connectivity index (χ3n) is 2.17. The van der Waals surface area contributed by atoms with Crippen molar-refractivity contribution < 1.29 is 26.4 Å². The molecule has 3 N–H and O–H groups in total. The number of sulfonamides is 1. The molecule has 0 aromatic heterocycles. The van der Waals surface area contributed by atoms with E-state index in [1.54, 1.807) is 0 Å². The van der Waals surface area contributed by atoms with Crippen molar-refractivity contribution in [3.8, 4) is 0 Å². The van der Waals surface area contributed by atoms with Crippen LogP contribution in [0.2, 0.25) is 0 Å². The molecule has 19 heavy (non-hydrogen) atoms. The molecule has 5 nitrogen and oxygen atoms in total. The van der Waals surface area contributed by atoms with Gasteiger partial charge in [-0.2, -0.15) is 13.2 Å². The minimum absolute atomic E-state index is 0.0271. The van der Waals surface area contributed by atoms with Crippen molar-refractivity contribution in [1.29, 1.82) is 0 Å². The van der Waals surface area contributed by atoms with E-state index < -0.39 is 28.5 Å². The molecule has 0 heterocycles. The topological polar surface area (TPSA) is 89.3 Å². The smallest absolute Gasteiger partial charge is 0.326 e. The fourth-order valence-corrected chi connectivity index (χ4v) is 1.83. The van der Waals surface area contributed by atoms with E-state index >= 15 is 0 Å². The van der Waals surface area contributed by atoms with E-state index in [0.717, 1.165) is 6.07 Å². The van der Waals surface area contributed by atoms with Crippen LogP contribution in [0.5, 0.6) is 0 Å². The lowest BCUT2D eigenvalue weighted by molar-refractivity contribution is -0.150. The van der Waals surface area contributed by atoms with Crippen LogP contribution in [0.3, 0.4) is 0 Å². The number of nitrogens with one attached hydrogen (secondary N) is 1. The number of carbonyl (C=O) groups is 1. The number of nitrogens with two attached hydrogens (primary N) is 1. The van der Waals surface area contributed by atoms with Gasteiger partial charge in [0, 0.05) is 5.69 Å². The molecule has 0 fully saturated rings. The SMILES string of the molecule is Cc1ccc(S(N)(=O)=O)cc1NC(=O)CC(F)(F)F. The van der Waals surface area contributed by atoms with Crippen LogP contribution in [0, 0.1) is 6.92 Å². The molecule has 0 bridgehead atoms. The molecule has 1 aromatic rings. The molecule has 1 amide bonds. The van der Waals surface area contributed by atoms with E-state index in [2.05, 4.69) is 0 Å². The van der Waals surface area contributed by atoms with Crippen molar-refractivity contribution in [1.82, 2.24) is 0 Å². The fraction of sp³-hybridized carbons (Fsp3) is 0.300. The number of alkyl halides is 3. The van der Waals surface area contributed by atoms with E-state index in [1.807, 2.05) is 5.32 Å². The van der Waals surface area contributed by atoms with E-state index in [9.17, 15) is 26.4 Å². The molecule has 0 unspecified atom stereocenters. The molecular formula is C10H11F3N2O3S. The lowest BCUT2D eigenvalue weighted by atomic mass is 10.2. The fourth-order valence-electron chi connectivity index (χ4n) is 1.29. The second kappa shape index (κ2) is 5.17. The maximum atomic E-state index is 12.0. The Labute approximate surface area is 107 Å². The average Bonchev–Trinajstić information content (AvgIpc) is 2.16. The number of hydrogen-bond acceptors (Lipinski definition) is 3. The van der Waals surface area contributed by atoms with Crippen molar-refractivity contribution >= 4 is 21.6 Å². The minimum Gasteiger partial charge on any atom is -0.326 e. The van der Waals surface area contributed by atoms with Gasteiger partial charge in [-0.15, -0.1) is 0 Å². The van der Waals surface area contributed by atoms with Gasteiger partial charge in [0.05, 0.1) is 4.90 Å². The van der Waals surface area contributed by atoms with Crippen LogP contribution in [-0.4, -0.2) is 20.5 Å². The molecule has 0 saturated heterocycles. The zero-order valence-corrected chi connectivity index (χ0v) is 10.6. The Kier molecular flexibility index (Phi) is 4.21. The average molecular weight is 296 g/mol. The Morgan fingerprint density at radius 1 is 1.37 bits per heavy atom. The summed E-state index contributed by atoms with van der Waals surface area (Å²) in [5.74, 6) is -1.28. The summed E-state index contributed by atoms with van der Waals surface area (Å²) in [6.45, 7) is 1.51. The molecular weight excluding hydrogens is 285 g/mol. The highest BCUT2D eigenvalue weighted by Gasteiger charge is 2.31. The summed E-state index contributed by atoms with van der Waals surface area (Å²) in [5, 5.41) is 6.89. The molecule has 0 aliphatic heterocycles. The van der Waals surface area contributed by atoms with Crippen LogP contribution in [-0.2, 0) is 14.8 Å². The van der Waals surface area contributed by atoms with Crippen LogP contribution in [0.25, 0.3) is 0 Å². The third-order valence-corrected chi connectivity index (χ3v) is 3.08. The number of aryl methyl sites for hydroxylation is 1. The number of rotatable bonds is 3. The third kappa shape index (κ3) is 4.87. The Hall–Kier alpha value is -1.61. The molecule has 0 spiro atoms. The first-order chi connectivity index (χ1) is 8.49. The van der Waals surface area contributed by atoms with Gasteiger partial charge in [0.15, 0.2) is 0 Å². The van der Waals surface area contributed by atoms with Crippen molar-refractivity contribution in [2.24, 2.45) is 5.14 Å². The largest absolute Gasteiger partial charge is 0.397 e. The molecule has 106 valence electrons. The van der Waals surface area contributed by atoms with Crippen molar-refractivity contribution in [2.45, 2.75) is 24.4 Å². The molecule has 0 atom stereocenters. The van der Waals surface area contributed by atoms with E-state index in [0.29, 0.717) is 5.56 Å². The van der Waals surface area contributed by atoms with Crippen LogP contribution < -0.4 is 10.5 Å². The first-order valence-electron chi connectivity index (χ1n) is 4.99. The van der Waals surface area contributed by atoms with Gasteiger partial charge in [-0.1, -0.05) is 6.07 Å². The van der Waals surface area contributed by atoms with Gasteiger partial charge in [-0.3, -0.25) is 4.79 Å². The summed E-state index contributed by atoms with van der Waals surface area (Å²) in [4.78, 5) is 10.8. The van der Waals surface area contributed by atoms with Gasteiger partial charge in [0.25, 0.3) is 0 Å². The predicted molar refractivity (Wildman–Crippen MR) is 61.9 cm³/mol. The van der Waals surface area contributed by atoms with E-state index in [4.69, 9.17) is 5.14 Å². The normalized spacial score (nSPS) is 12.3. The summed E-state index contributed by atoms with van der Waals surface area (Å²) in [7, 11) is -3.99. The highest BCUT2D eigenvalue weighted by Crippen LogP contribution is 2.23.